The summed E-state index contributed by atoms with van der Waals surface area (Å²) in [6, 6.07) is 25.4. The van der Waals surface area contributed by atoms with E-state index >= 15 is 0 Å². The highest BCUT2D eigenvalue weighted by Crippen LogP contribution is 2.30. The molecule has 0 aliphatic rings. The molecule has 0 aliphatic heterocycles. The number of thiophene rings is 1. The molecule has 0 aliphatic carbocycles. The van der Waals surface area contributed by atoms with E-state index in [1.165, 1.54) is 7.05 Å². The van der Waals surface area contributed by atoms with E-state index < -0.39 is 17.6 Å². The van der Waals surface area contributed by atoms with Gasteiger partial charge in [0.2, 0.25) is 0 Å². The normalized spacial score (nSPS) is 12.2. The molecule has 1 atom stereocenters. The number of nitrogen functional groups attached to an aromatic ring is 1. The van der Waals surface area contributed by atoms with Gasteiger partial charge >= 0.3 is 6.09 Å². The van der Waals surface area contributed by atoms with Crippen LogP contribution in [-0.4, -0.2) is 30.6 Å². The minimum absolute atomic E-state index is 0.0578. The van der Waals surface area contributed by atoms with Crippen molar-refractivity contribution in [2.24, 2.45) is 5.73 Å². The number of likely N-dealkylation sites (N-methyl/N-ethyl adjacent to an activating group) is 1. The van der Waals surface area contributed by atoms with Crippen LogP contribution in [0.2, 0.25) is 0 Å². The fourth-order valence-electron chi connectivity index (χ4n) is 4.25. The highest BCUT2D eigenvalue weighted by atomic mass is 32.1. The van der Waals surface area contributed by atoms with Crippen LogP contribution in [0, 0.1) is 0 Å². The first-order chi connectivity index (χ1) is 18.3. The topological polar surface area (TPSA) is 137 Å². The average Bonchev–Trinajstić information content (AvgIpc) is 3.45. The first kappa shape index (κ1) is 26.4. The summed E-state index contributed by atoms with van der Waals surface area (Å²) in [7, 11) is 1.47. The first-order valence-electron chi connectivity index (χ1n) is 11.9. The Balaban J connectivity index is 1.55. The lowest BCUT2D eigenvalue weighted by molar-refractivity contribution is -0.139. The largest absolute Gasteiger partial charge is 0.432 e. The van der Waals surface area contributed by atoms with Crippen LogP contribution in [0.25, 0.3) is 10.4 Å². The van der Waals surface area contributed by atoms with E-state index in [2.05, 4.69) is 10.6 Å². The van der Waals surface area contributed by atoms with E-state index in [4.69, 9.17) is 16.2 Å². The second kappa shape index (κ2) is 11.6. The summed E-state index contributed by atoms with van der Waals surface area (Å²) in [5.74, 6) is -0.815. The predicted octanol–water partition coefficient (Wildman–Crippen LogP) is 4.61. The number of hydrogen-bond acceptors (Lipinski definition) is 6. The van der Waals surface area contributed by atoms with Gasteiger partial charge in [0.15, 0.2) is 5.60 Å². The van der Waals surface area contributed by atoms with Crippen molar-refractivity contribution >= 4 is 40.6 Å². The van der Waals surface area contributed by atoms with Gasteiger partial charge in [-0.2, -0.15) is 0 Å². The summed E-state index contributed by atoms with van der Waals surface area (Å²) in [6.45, 7) is 0. The Morgan fingerprint density at radius 3 is 2.18 bits per heavy atom. The van der Waals surface area contributed by atoms with Crippen LogP contribution in [0.3, 0.4) is 0 Å². The molecule has 194 valence electrons. The molecule has 0 saturated heterocycles. The maximum absolute atomic E-state index is 13.0. The Labute approximate surface area is 224 Å². The predicted molar refractivity (Wildman–Crippen MR) is 150 cm³/mol. The summed E-state index contributed by atoms with van der Waals surface area (Å²) >= 11 is 1.60. The Morgan fingerprint density at radius 2 is 1.58 bits per heavy atom. The maximum Gasteiger partial charge on any atom is 0.405 e. The van der Waals surface area contributed by atoms with Crippen LogP contribution in [0.15, 0.2) is 90.3 Å². The summed E-state index contributed by atoms with van der Waals surface area (Å²) in [6.07, 6.45) is -0.872. The number of primary amides is 1. The number of hydrogen-bond donors (Lipinski definition) is 4. The highest BCUT2D eigenvalue weighted by Gasteiger charge is 2.42. The van der Waals surface area contributed by atoms with Crippen LogP contribution in [-0.2, 0) is 22.4 Å². The van der Waals surface area contributed by atoms with E-state index in [1.807, 2.05) is 60.0 Å². The molecule has 8 nitrogen and oxygen atoms in total. The van der Waals surface area contributed by atoms with Gasteiger partial charge in [-0.1, -0.05) is 54.6 Å². The Bertz CT molecular complexity index is 1420. The molecule has 9 heteroatoms. The zero-order chi connectivity index (χ0) is 27.1. The van der Waals surface area contributed by atoms with Gasteiger partial charge in [0.1, 0.15) is 0 Å². The SMILES string of the molecule is CNC(=O)[C@](Cc1ccccc1)(Cc1ccc(C(=O)Nc2cc(-c3cccs3)ccc2N)cc1)OC(N)=O. The molecule has 38 heavy (non-hydrogen) atoms. The second-order valence-electron chi connectivity index (χ2n) is 8.76. The average molecular weight is 529 g/mol. The van der Waals surface area contributed by atoms with Crippen molar-refractivity contribution in [1.82, 2.24) is 5.32 Å². The van der Waals surface area contributed by atoms with Crippen LogP contribution in [0.4, 0.5) is 16.2 Å². The monoisotopic (exact) mass is 528 g/mol. The third-order valence-electron chi connectivity index (χ3n) is 6.08. The molecule has 3 amide bonds. The minimum atomic E-state index is -1.57. The molecule has 1 aromatic heterocycles. The van der Waals surface area contributed by atoms with E-state index in [0.717, 1.165) is 16.0 Å². The fraction of sp³-hybridized carbons (Fsp3) is 0.138. The smallest absolute Gasteiger partial charge is 0.405 e. The molecule has 0 spiro atoms. The molecule has 6 N–H and O–H groups in total. The van der Waals surface area contributed by atoms with Gasteiger partial charge in [-0.3, -0.25) is 9.59 Å². The number of benzene rings is 3. The minimum Gasteiger partial charge on any atom is -0.432 e. The highest BCUT2D eigenvalue weighted by molar-refractivity contribution is 7.13. The fourth-order valence-corrected chi connectivity index (χ4v) is 4.97. The Kier molecular flexibility index (Phi) is 8.08. The molecule has 0 fully saturated rings. The molecular weight excluding hydrogens is 500 g/mol. The van der Waals surface area contributed by atoms with E-state index in [0.29, 0.717) is 22.5 Å². The summed E-state index contributed by atoms with van der Waals surface area (Å²) in [5.41, 5.74) is 13.7. The van der Waals surface area contributed by atoms with Crippen LogP contribution in [0.5, 0.6) is 0 Å². The standard InChI is InChI=1S/C29H28N4O4S/c1-32-27(35)29(37-28(31)36,17-19-6-3-2-4-7-19)18-20-9-11-21(12-10-20)26(34)33-24-16-22(13-14-23(24)30)25-8-5-15-38-25/h2-16H,17-18,30H2,1H3,(H2,31,36)(H,32,35)(H,33,34)/t29-/m0/s1. The van der Waals surface area contributed by atoms with Crippen LogP contribution < -0.4 is 22.1 Å². The molecule has 0 bridgehead atoms. The van der Waals surface area contributed by atoms with Crippen molar-refractivity contribution in [3.8, 4) is 10.4 Å². The molecular formula is C29H28N4O4S. The molecule has 3 aromatic carbocycles. The number of anilines is 2. The number of amides is 3. The third kappa shape index (κ3) is 6.19. The quantitative estimate of drug-likeness (QED) is 0.235. The zero-order valence-electron chi connectivity index (χ0n) is 20.8. The van der Waals surface area contributed by atoms with Crippen molar-refractivity contribution < 1.29 is 19.1 Å². The van der Waals surface area contributed by atoms with Gasteiger partial charge in [-0.25, -0.2) is 4.79 Å². The molecule has 0 radical (unpaired) electrons. The summed E-state index contributed by atoms with van der Waals surface area (Å²) in [4.78, 5) is 38.9. The lowest BCUT2D eigenvalue weighted by atomic mass is 9.86. The Morgan fingerprint density at radius 1 is 0.895 bits per heavy atom. The van der Waals surface area contributed by atoms with E-state index in [1.54, 1.807) is 41.7 Å². The number of ether oxygens (including phenoxy) is 1. The first-order valence-corrected chi connectivity index (χ1v) is 12.8. The molecule has 4 rings (SSSR count). The van der Waals surface area contributed by atoms with Gasteiger partial charge in [0.05, 0.1) is 11.4 Å². The summed E-state index contributed by atoms with van der Waals surface area (Å²) in [5, 5.41) is 7.44. The van der Waals surface area contributed by atoms with E-state index in [-0.39, 0.29) is 18.7 Å². The molecule has 1 heterocycles. The van der Waals surface area contributed by atoms with Crippen LogP contribution in [0.1, 0.15) is 21.5 Å². The molecule has 0 saturated carbocycles. The number of nitrogens with one attached hydrogen (secondary N) is 2. The van der Waals surface area contributed by atoms with Crippen molar-refractivity contribution in [1.29, 1.82) is 0 Å². The second-order valence-corrected chi connectivity index (χ2v) is 9.71. The third-order valence-corrected chi connectivity index (χ3v) is 7.00. The number of carbonyl (C=O) groups is 3. The molecule has 0 unspecified atom stereocenters. The lowest BCUT2D eigenvalue weighted by Gasteiger charge is -2.31. The number of rotatable bonds is 9. The van der Waals surface area contributed by atoms with Gasteiger partial charge in [0, 0.05) is 30.3 Å². The number of carbonyl (C=O) groups excluding carboxylic acids is 3. The van der Waals surface area contributed by atoms with Crippen molar-refractivity contribution in [2.75, 3.05) is 18.1 Å². The van der Waals surface area contributed by atoms with Crippen molar-refractivity contribution in [3.05, 3.63) is 107 Å². The van der Waals surface area contributed by atoms with Crippen molar-refractivity contribution in [2.45, 2.75) is 18.4 Å². The number of nitrogens with two attached hydrogens (primary N) is 2. The van der Waals surface area contributed by atoms with Gasteiger partial charge in [-0.05, 0) is 52.4 Å². The van der Waals surface area contributed by atoms with Gasteiger partial charge in [-0.15, -0.1) is 11.3 Å². The van der Waals surface area contributed by atoms with Crippen LogP contribution >= 0.6 is 11.3 Å². The van der Waals surface area contributed by atoms with Crippen molar-refractivity contribution in [3.63, 3.8) is 0 Å². The van der Waals surface area contributed by atoms with Gasteiger partial charge < -0.3 is 26.8 Å². The van der Waals surface area contributed by atoms with Gasteiger partial charge in [0.25, 0.3) is 11.8 Å². The van der Waals surface area contributed by atoms with E-state index in [9.17, 15) is 14.4 Å². The molecule has 4 aromatic rings. The summed E-state index contributed by atoms with van der Waals surface area (Å²) < 4.78 is 5.44. The maximum atomic E-state index is 13.0. The lowest BCUT2D eigenvalue weighted by Crippen LogP contribution is -2.53. The Hall–Kier alpha value is -4.63. The zero-order valence-corrected chi connectivity index (χ0v) is 21.6.